The highest BCUT2D eigenvalue weighted by Crippen LogP contribution is 2.22. The molecule has 0 aliphatic rings. The largest absolute Gasteiger partial charge is 0.382 e. The van der Waals surface area contributed by atoms with Gasteiger partial charge in [0, 0.05) is 0 Å². The third-order valence-electron chi connectivity index (χ3n) is 1.24. The van der Waals surface area contributed by atoms with Gasteiger partial charge in [-0.15, -0.1) is 11.3 Å². The van der Waals surface area contributed by atoms with Crippen LogP contribution in [-0.2, 0) is 0 Å². The second-order valence-corrected chi connectivity index (χ2v) is 5.65. The summed E-state index contributed by atoms with van der Waals surface area (Å²) in [5.74, 6) is 0. The number of thiazole rings is 1. The lowest BCUT2D eigenvalue weighted by molar-refractivity contribution is 0.227. The van der Waals surface area contributed by atoms with Gasteiger partial charge in [-0.1, -0.05) is 11.6 Å². The van der Waals surface area contributed by atoms with Crippen LogP contribution < -0.4 is 0 Å². The van der Waals surface area contributed by atoms with Gasteiger partial charge in [0.05, 0.1) is 9.08 Å². The van der Waals surface area contributed by atoms with Crippen LogP contribution in [-0.4, -0.2) is 10.1 Å². The molecule has 1 aromatic heterocycles. The molecule has 1 N–H and O–H groups in total. The summed E-state index contributed by atoms with van der Waals surface area (Å²) in [6, 6.07) is 0. The molecule has 0 saturated heterocycles. The molecule has 1 aromatic rings. The summed E-state index contributed by atoms with van der Waals surface area (Å²) in [4.78, 5) is 4.09. The monoisotopic (exact) mass is 295 g/mol. The minimum absolute atomic E-state index is 0.538. The highest BCUT2D eigenvalue weighted by atomic mass is 127. The predicted octanol–water partition coefficient (Wildman–Crippen LogP) is 2.75. The summed E-state index contributed by atoms with van der Waals surface area (Å²) in [6.07, 6.45) is 3.03. The second-order valence-electron chi connectivity index (χ2n) is 2.69. The van der Waals surface area contributed by atoms with E-state index in [1.54, 1.807) is 12.3 Å². The summed E-state index contributed by atoms with van der Waals surface area (Å²) in [5.41, 5.74) is 1.10. The van der Waals surface area contributed by atoms with Crippen molar-refractivity contribution in [1.82, 2.24) is 4.98 Å². The maximum Gasteiger partial charge on any atom is 0.126 e. The second kappa shape index (κ2) is 4.34. The third-order valence-corrected chi connectivity index (χ3v) is 3.04. The average molecular weight is 295 g/mol. The van der Waals surface area contributed by atoms with Gasteiger partial charge < -0.3 is 5.11 Å². The Balaban J connectivity index is 2.78. The fraction of sp³-hybridized carbons (Fsp3) is 0.375. The highest BCUT2D eigenvalue weighted by molar-refractivity contribution is 14.1. The van der Waals surface area contributed by atoms with Crippen LogP contribution in [0.3, 0.4) is 0 Å². The number of allylic oxidation sites excluding steroid dienone is 1. The van der Waals surface area contributed by atoms with Crippen LogP contribution in [0.1, 0.15) is 25.0 Å². The van der Waals surface area contributed by atoms with E-state index in [9.17, 15) is 5.11 Å². The van der Waals surface area contributed by atoms with E-state index in [0.29, 0.717) is 0 Å². The number of hydrogen-bond donors (Lipinski definition) is 1. The molecular weight excluding hydrogens is 285 g/mol. The van der Waals surface area contributed by atoms with Crippen LogP contribution in [0, 0.1) is 2.88 Å². The van der Waals surface area contributed by atoms with Crippen LogP contribution in [0.25, 0.3) is 0 Å². The van der Waals surface area contributed by atoms with Gasteiger partial charge in [-0.05, 0) is 36.4 Å². The van der Waals surface area contributed by atoms with Crippen molar-refractivity contribution in [3.63, 3.8) is 0 Å². The summed E-state index contributed by atoms with van der Waals surface area (Å²) in [5, 5.41) is 10.3. The molecule has 0 radical (unpaired) electrons. The number of nitrogens with zero attached hydrogens (tertiary/aromatic N) is 1. The number of aliphatic hydroxyl groups is 1. The summed E-state index contributed by atoms with van der Waals surface area (Å²) < 4.78 is 1.10. The maximum absolute atomic E-state index is 9.57. The van der Waals surface area contributed by atoms with Crippen LogP contribution in [0.5, 0.6) is 0 Å². The van der Waals surface area contributed by atoms with Crippen molar-refractivity contribution in [1.29, 1.82) is 0 Å². The maximum atomic E-state index is 9.57. The third kappa shape index (κ3) is 2.84. The number of aliphatic hydroxyl groups excluding tert-OH is 1. The van der Waals surface area contributed by atoms with Gasteiger partial charge >= 0.3 is 0 Å². The van der Waals surface area contributed by atoms with Gasteiger partial charge in [0.2, 0.25) is 0 Å². The molecule has 0 aliphatic heterocycles. The first kappa shape index (κ1) is 10.1. The first-order valence-corrected chi connectivity index (χ1v) is 5.43. The molecule has 0 fully saturated rings. The molecule has 0 aromatic carbocycles. The number of rotatable bonds is 2. The lowest BCUT2D eigenvalue weighted by Crippen LogP contribution is -1.91. The molecule has 1 atom stereocenters. The zero-order valence-electron chi connectivity index (χ0n) is 6.91. The van der Waals surface area contributed by atoms with Gasteiger partial charge in [-0.2, -0.15) is 0 Å². The number of hydrogen-bond acceptors (Lipinski definition) is 3. The topological polar surface area (TPSA) is 33.1 Å². The molecule has 4 heteroatoms. The molecule has 1 unspecified atom stereocenters. The molecule has 1 rings (SSSR count). The molecule has 0 saturated carbocycles. The van der Waals surface area contributed by atoms with Crippen LogP contribution >= 0.6 is 33.9 Å². The average Bonchev–Trinajstić information content (AvgIpc) is 2.34. The SMILES string of the molecule is CC(C)=CC(O)c1ncc(I)s1. The van der Waals surface area contributed by atoms with E-state index in [4.69, 9.17) is 0 Å². The Morgan fingerprint density at radius 3 is 2.83 bits per heavy atom. The van der Waals surface area contributed by atoms with Gasteiger partial charge in [0.15, 0.2) is 0 Å². The summed E-state index contributed by atoms with van der Waals surface area (Å²) >= 11 is 3.71. The van der Waals surface area contributed by atoms with E-state index in [2.05, 4.69) is 27.6 Å². The van der Waals surface area contributed by atoms with Gasteiger partial charge in [0.1, 0.15) is 11.1 Å². The highest BCUT2D eigenvalue weighted by Gasteiger charge is 2.07. The summed E-state index contributed by atoms with van der Waals surface area (Å²) in [6.45, 7) is 3.92. The van der Waals surface area contributed by atoms with Gasteiger partial charge in [0.25, 0.3) is 0 Å². The first-order valence-electron chi connectivity index (χ1n) is 3.54. The Morgan fingerprint density at radius 2 is 2.42 bits per heavy atom. The van der Waals surface area contributed by atoms with Crippen LogP contribution in [0.15, 0.2) is 17.8 Å². The minimum atomic E-state index is -0.538. The van der Waals surface area contributed by atoms with Crippen molar-refractivity contribution < 1.29 is 5.11 Å². The normalized spacial score (nSPS) is 12.7. The van der Waals surface area contributed by atoms with E-state index >= 15 is 0 Å². The molecule has 2 nitrogen and oxygen atoms in total. The van der Waals surface area contributed by atoms with Gasteiger partial charge in [-0.25, -0.2) is 4.98 Å². The smallest absolute Gasteiger partial charge is 0.126 e. The Hall–Kier alpha value is 0.0600. The van der Waals surface area contributed by atoms with E-state index in [0.717, 1.165) is 13.5 Å². The molecular formula is C8H10INOS. The van der Waals surface area contributed by atoms with E-state index in [1.807, 2.05) is 13.8 Å². The van der Waals surface area contributed by atoms with Crippen molar-refractivity contribution in [2.24, 2.45) is 0 Å². The Kier molecular flexibility index (Phi) is 3.67. The molecule has 12 heavy (non-hydrogen) atoms. The van der Waals surface area contributed by atoms with Crippen LogP contribution in [0.4, 0.5) is 0 Å². The lowest BCUT2D eigenvalue weighted by Gasteiger charge is -2.00. The number of halogens is 1. The molecule has 0 bridgehead atoms. The molecule has 66 valence electrons. The lowest BCUT2D eigenvalue weighted by atomic mass is 10.2. The van der Waals surface area contributed by atoms with Crippen molar-refractivity contribution in [3.8, 4) is 0 Å². The molecule has 0 spiro atoms. The molecule has 0 aliphatic carbocycles. The quantitative estimate of drug-likeness (QED) is 0.672. The Bertz CT molecular complexity index is 291. The van der Waals surface area contributed by atoms with Crippen molar-refractivity contribution >= 4 is 33.9 Å². The Morgan fingerprint density at radius 1 is 1.75 bits per heavy atom. The van der Waals surface area contributed by atoms with E-state index in [1.165, 1.54) is 11.3 Å². The predicted molar refractivity (Wildman–Crippen MR) is 59.2 cm³/mol. The summed E-state index contributed by atoms with van der Waals surface area (Å²) in [7, 11) is 0. The van der Waals surface area contributed by atoms with Crippen molar-refractivity contribution in [2.45, 2.75) is 20.0 Å². The van der Waals surface area contributed by atoms with Crippen LogP contribution in [0.2, 0.25) is 0 Å². The van der Waals surface area contributed by atoms with Crippen molar-refractivity contribution in [2.75, 3.05) is 0 Å². The standard InChI is InChI=1S/C8H10INOS/c1-5(2)3-6(11)8-10-4-7(9)12-8/h3-4,6,11H,1-2H3. The van der Waals surface area contributed by atoms with Gasteiger partial charge in [-0.3, -0.25) is 0 Å². The zero-order chi connectivity index (χ0) is 9.14. The fourth-order valence-electron chi connectivity index (χ4n) is 0.791. The zero-order valence-corrected chi connectivity index (χ0v) is 9.89. The van der Waals surface area contributed by atoms with E-state index < -0.39 is 6.10 Å². The molecule has 1 heterocycles. The molecule has 0 amide bonds. The van der Waals surface area contributed by atoms with E-state index in [-0.39, 0.29) is 0 Å². The minimum Gasteiger partial charge on any atom is -0.382 e. The first-order chi connectivity index (χ1) is 5.59. The Labute approximate surface area is 89.5 Å². The number of aromatic nitrogens is 1. The fourth-order valence-corrected chi connectivity index (χ4v) is 2.21. The van der Waals surface area contributed by atoms with Crippen molar-refractivity contribution in [3.05, 3.63) is 25.7 Å².